The summed E-state index contributed by atoms with van der Waals surface area (Å²) in [6.45, 7) is 6.15. The minimum atomic E-state index is -0.629. The first-order valence-corrected chi connectivity index (χ1v) is 4.39. The Labute approximate surface area is 73.2 Å². The van der Waals surface area contributed by atoms with Gasteiger partial charge >= 0.3 is 0 Å². The largest absolute Gasteiger partial charge is 0.374 e. The highest BCUT2D eigenvalue weighted by Crippen LogP contribution is 2.32. The van der Waals surface area contributed by atoms with Gasteiger partial charge in [-0.2, -0.15) is 0 Å². The van der Waals surface area contributed by atoms with Crippen LogP contribution in [0.15, 0.2) is 0 Å². The molecule has 0 aromatic rings. The Morgan fingerprint density at radius 2 is 2.00 bits per heavy atom. The Morgan fingerprint density at radius 3 is 2.42 bits per heavy atom. The molecule has 3 nitrogen and oxygen atoms in total. The molecule has 70 valence electrons. The van der Waals surface area contributed by atoms with Crippen LogP contribution in [0, 0.1) is 11.3 Å². The summed E-state index contributed by atoms with van der Waals surface area (Å²) in [5.41, 5.74) is 0.00419. The Morgan fingerprint density at radius 1 is 1.42 bits per heavy atom. The van der Waals surface area contributed by atoms with Crippen molar-refractivity contribution in [2.75, 3.05) is 0 Å². The Hall–Kier alpha value is -0.570. The van der Waals surface area contributed by atoms with Crippen molar-refractivity contribution in [3.8, 4) is 0 Å². The molecule has 1 rings (SSSR count). The topological polar surface area (TPSA) is 49.3 Å². The molecule has 0 bridgehead atoms. The molecule has 1 aliphatic heterocycles. The second-order valence-electron chi connectivity index (χ2n) is 4.52. The van der Waals surface area contributed by atoms with E-state index in [0.29, 0.717) is 6.42 Å². The third-order valence-corrected chi connectivity index (χ3v) is 2.40. The molecule has 1 amide bonds. The van der Waals surface area contributed by atoms with Crippen LogP contribution >= 0.6 is 0 Å². The molecule has 3 heteroatoms. The second-order valence-corrected chi connectivity index (χ2v) is 4.52. The summed E-state index contributed by atoms with van der Waals surface area (Å²) in [4.78, 5) is 11.4. The number of carbonyl (C=O) groups excluding carboxylic acids is 1. The van der Waals surface area contributed by atoms with Crippen LogP contribution in [0.1, 0.15) is 33.6 Å². The van der Waals surface area contributed by atoms with E-state index >= 15 is 0 Å². The minimum absolute atomic E-state index is 0.00419. The van der Waals surface area contributed by atoms with Gasteiger partial charge in [-0.15, -0.1) is 0 Å². The Kier molecular flexibility index (Phi) is 2.42. The molecular weight excluding hydrogens is 154 g/mol. The van der Waals surface area contributed by atoms with Crippen molar-refractivity contribution < 1.29 is 9.90 Å². The van der Waals surface area contributed by atoms with Gasteiger partial charge in [-0.05, 0) is 18.3 Å². The number of hydrogen-bond acceptors (Lipinski definition) is 2. The number of carbonyl (C=O) groups is 1. The van der Waals surface area contributed by atoms with Crippen molar-refractivity contribution in [3.05, 3.63) is 0 Å². The normalized spacial score (nSPS) is 31.5. The number of hydrogen-bond donors (Lipinski definition) is 2. The molecule has 0 spiro atoms. The number of aliphatic hydroxyl groups is 1. The lowest BCUT2D eigenvalue weighted by Crippen LogP contribution is -2.47. The average Bonchev–Trinajstić information content (AvgIpc) is 1.83. The first-order chi connectivity index (χ1) is 5.41. The van der Waals surface area contributed by atoms with Crippen molar-refractivity contribution in [3.63, 3.8) is 0 Å². The zero-order valence-electron chi connectivity index (χ0n) is 7.92. The van der Waals surface area contributed by atoms with E-state index in [1.54, 1.807) is 0 Å². The summed E-state index contributed by atoms with van der Waals surface area (Å²) in [5, 5.41) is 11.7. The van der Waals surface area contributed by atoms with Gasteiger partial charge in [-0.25, -0.2) is 0 Å². The van der Waals surface area contributed by atoms with E-state index in [0.717, 1.165) is 6.42 Å². The van der Waals surface area contributed by atoms with Crippen molar-refractivity contribution in [2.45, 2.75) is 39.8 Å². The van der Waals surface area contributed by atoms with Crippen LogP contribution in [0.5, 0.6) is 0 Å². The predicted molar refractivity (Wildman–Crippen MR) is 46.3 cm³/mol. The van der Waals surface area contributed by atoms with Gasteiger partial charge in [0, 0.05) is 5.92 Å². The lowest BCUT2D eigenvalue weighted by Gasteiger charge is -2.34. The van der Waals surface area contributed by atoms with Crippen LogP contribution in [0.3, 0.4) is 0 Å². The molecule has 0 saturated carbocycles. The molecule has 2 unspecified atom stereocenters. The van der Waals surface area contributed by atoms with E-state index in [4.69, 9.17) is 5.11 Å². The molecule has 2 N–H and O–H groups in total. The van der Waals surface area contributed by atoms with E-state index < -0.39 is 6.23 Å². The van der Waals surface area contributed by atoms with Gasteiger partial charge < -0.3 is 10.4 Å². The fraction of sp³-hybridized carbons (Fsp3) is 0.889. The third kappa shape index (κ3) is 1.97. The maximum absolute atomic E-state index is 11.4. The number of rotatable bonds is 0. The van der Waals surface area contributed by atoms with Gasteiger partial charge in [0.15, 0.2) is 0 Å². The number of aliphatic hydroxyl groups excluding tert-OH is 1. The van der Waals surface area contributed by atoms with E-state index in [9.17, 15) is 4.79 Å². The van der Waals surface area contributed by atoms with E-state index in [-0.39, 0.29) is 17.2 Å². The number of piperidine rings is 1. The minimum Gasteiger partial charge on any atom is -0.374 e. The lowest BCUT2D eigenvalue weighted by molar-refractivity contribution is -0.135. The molecule has 0 aliphatic carbocycles. The Balaban J connectivity index is 2.63. The monoisotopic (exact) mass is 171 g/mol. The quantitative estimate of drug-likeness (QED) is 0.568. The third-order valence-electron chi connectivity index (χ3n) is 2.40. The molecule has 1 fully saturated rings. The molecule has 0 radical (unpaired) electrons. The summed E-state index contributed by atoms with van der Waals surface area (Å²) in [6.07, 6.45) is 0.834. The summed E-state index contributed by atoms with van der Waals surface area (Å²) < 4.78 is 0. The van der Waals surface area contributed by atoms with Crippen molar-refractivity contribution in [1.29, 1.82) is 0 Å². The molecular formula is C9H17NO2. The molecule has 1 saturated heterocycles. The summed E-state index contributed by atoms with van der Waals surface area (Å²) in [7, 11) is 0. The predicted octanol–water partition coefficient (Wildman–Crippen LogP) is 0.877. The van der Waals surface area contributed by atoms with Crippen LogP contribution < -0.4 is 5.32 Å². The first-order valence-electron chi connectivity index (χ1n) is 4.39. The van der Waals surface area contributed by atoms with Crippen molar-refractivity contribution in [2.24, 2.45) is 11.3 Å². The SMILES string of the molecule is CC(C)(C)C1CCC(O)NC1=O. The van der Waals surface area contributed by atoms with Crippen LogP contribution in [0.25, 0.3) is 0 Å². The maximum Gasteiger partial charge on any atom is 0.225 e. The summed E-state index contributed by atoms with van der Waals surface area (Å²) >= 11 is 0. The first kappa shape index (κ1) is 9.52. The fourth-order valence-corrected chi connectivity index (χ4v) is 1.62. The highest BCUT2D eigenvalue weighted by Gasteiger charge is 2.35. The smallest absolute Gasteiger partial charge is 0.225 e. The fourth-order valence-electron chi connectivity index (χ4n) is 1.62. The highest BCUT2D eigenvalue weighted by molar-refractivity contribution is 5.80. The van der Waals surface area contributed by atoms with Gasteiger partial charge in [0.25, 0.3) is 0 Å². The zero-order valence-corrected chi connectivity index (χ0v) is 7.92. The molecule has 2 atom stereocenters. The van der Waals surface area contributed by atoms with E-state index in [1.165, 1.54) is 0 Å². The molecule has 1 heterocycles. The van der Waals surface area contributed by atoms with Gasteiger partial charge in [-0.3, -0.25) is 4.79 Å². The standard InChI is InChI=1S/C9H17NO2/c1-9(2,3)6-4-5-7(11)10-8(6)12/h6-7,11H,4-5H2,1-3H3,(H,10,12). The van der Waals surface area contributed by atoms with Crippen molar-refractivity contribution in [1.82, 2.24) is 5.32 Å². The van der Waals surface area contributed by atoms with E-state index in [1.807, 2.05) is 0 Å². The maximum atomic E-state index is 11.4. The average molecular weight is 171 g/mol. The number of nitrogens with one attached hydrogen (secondary N) is 1. The van der Waals surface area contributed by atoms with Gasteiger partial charge in [0.1, 0.15) is 6.23 Å². The van der Waals surface area contributed by atoms with Crippen molar-refractivity contribution >= 4 is 5.91 Å². The van der Waals surface area contributed by atoms with Crippen LogP contribution in [-0.2, 0) is 4.79 Å². The zero-order chi connectivity index (χ0) is 9.35. The molecule has 0 aromatic heterocycles. The molecule has 1 aliphatic rings. The van der Waals surface area contributed by atoms with Gasteiger partial charge in [0.2, 0.25) is 5.91 Å². The molecule has 12 heavy (non-hydrogen) atoms. The lowest BCUT2D eigenvalue weighted by atomic mass is 9.76. The van der Waals surface area contributed by atoms with Crippen LogP contribution in [0.4, 0.5) is 0 Å². The second kappa shape index (κ2) is 3.05. The van der Waals surface area contributed by atoms with Gasteiger partial charge in [-0.1, -0.05) is 20.8 Å². The van der Waals surface area contributed by atoms with Crippen LogP contribution in [-0.4, -0.2) is 17.2 Å². The Bertz CT molecular complexity index is 183. The molecule has 0 aromatic carbocycles. The summed E-state index contributed by atoms with van der Waals surface area (Å²) in [5.74, 6) is 0.0298. The summed E-state index contributed by atoms with van der Waals surface area (Å²) in [6, 6.07) is 0. The van der Waals surface area contributed by atoms with Gasteiger partial charge in [0.05, 0.1) is 0 Å². The van der Waals surface area contributed by atoms with E-state index in [2.05, 4.69) is 26.1 Å². The number of amides is 1. The highest BCUT2D eigenvalue weighted by atomic mass is 16.3. The van der Waals surface area contributed by atoms with Crippen LogP contribution in [0.2, 0.25) is 0 Å².